The number of anilines is 1. The maximum absolute atomic E-state index is 13.6. The Morgan fingerprint density at radius 1 is 1.38 bits per heavy atom. The van der Waals surface area contributed by atoms with E-state index in [1.54, 1.807) is 6.07 Å². The molecule has 0 bridgehead atoms. The number of nitriles is 1. The van der Waals surface area contributed by atoms with Crippen molar-refractivity contribution in [2.45, 2.75) is 0 Å². The van der Waals surface area contributed by atoms with Gasteiger partial charge in [-0.05, 0) is 12.1 Å². The Balaban J connectivity index is 2.12. The largest absolute Gasteiger partial charge is 0.437 e. The minimum absolute atomic E-state index is 0.0432. The normalized spacial score (nSPS) is 10.3. The van der Waals surface area contributed by atoms with E-state index in [0.29, 0.717) is 11.0 Å². The second-order valence-corrected chi connectivity index (χ2v) is 3.96. The number of nitrogens with zero attached hydrogens (tertiary/aromatic N) is 4. The van der Waals surface area contributed by atoms with Crippen LogP contribution in [0, 0.1) is 17.1 Å². The molecule has 3 aromatic rings. The highest BCUT2D eigenvalue weighted by atomic mass is 19.1. The number of halogens is 1. The molecule has 0 unspecified atom stereocenters. The van der Waals surface area contributed by atoms with Gasteiger partial charge >= 0.3 is 0 Å². The molecule has 2 heterocycles. The van der Waals surface area contributed by atoms with Gasteiger partial charge in [-0.2, -0.15) is 20.3 Å². The number of nitrogens with one attached hydrogen (secondary N) is 2. The molecule has 0 amide bonds. The number of nitrogens with two attached hydrogens (primary N) is 1. The summed E-state index contributed by atoms with van der Waals surface area (Å²) in [4.78, 5) is 8.06. The summed E-state index contributed by atoms with van der Waals surface area (Å²) in [5, 5.41) is 15.9. The zero-order valence-corrected chi connectivity index (χ0v) is 10.5. The summed E-state index contributed by atoms with van der Waals surface area (Å²) in [6, 6.07) is 5.82. The number of aromatic nitrogens is 4. The van der Waals surface area contributed by atoms with Gasteiger partial charge in [-0.15, -0.1) is 0 Å². The summed E-state index contributed by atoms with van der Waals surface area (Å²) >= 11 is 0. The molecule has 9 heteroatoms. The molecule has 0 saturated heterocycles. The zero-order valence-electron chi connectivity index (χ0n) is 10.5. The second-order valence-electron chi connectivity index (χ2n) is 3.96. The lowest BCUT2D eigenvalue weighted by molar-refractivity contribution is 0.461. The third-order valence-electron chi connectivity index (χ3n) is 2.70. The molecular formula is C12H8FN7O. The highest BCUT2D eigenvalue weighted by Gasteiger charge is 2.15. The van der Waals surface area contributed by atoms with Gasteiger partial charge in [0.2, 0.25) is 11.8 Å². The molecule has 4 N–H and O–H groups in total. The van der Waals surface area contributed by atoms with E-state index in [9.17, 15) is 4.39 Å². The fraction of sp³-hybridized carbons (Fsp3) is 0. The summed E-state index contributed by atoms with van der Waals surface area (Å²) in [6.45, 7) is 0. The molecule has 21 heavy (non-hydrogen) atoms. The molecule has 104 valence electrons. The minimum Gasteiger partial charge on any atom is -0.437 e. The van der Waals surface area contributed by atoms with Crippen molar-refractivity contribution in [3.8, 4) is 17.7 Å². The van der Waals surface area contributed by atoms with E-state index in [2.05, 4.69) is 25.6 Å². The molecule has 0 spiro atoms. The van der Waals surface area contributed by atoms with E-state index >= 15 is 0 Å². The zero-order chi connectivity index (χ0) is 14.8. The molecule has 0 atom stereocenters. The van der Waals surface area contributed by atoms with Crippen molar-refractivity contribution in [1.82, 2.24) is 20.2 Å². The van der Waals surface area contributed by atoms with Gasteiger partial charge in [-0.1, -0.05) is 6.07 Å². The van der Waals surface area contributed by atoms with Crippen molar-refractivity contribution < 1.29 is 9.13 Å². The minimum atomic E-state index is -0.676. The summed E-state index contributed by atoms with van der Waals surface area (Å²) in [7, 11) is 0. The molecule has 1 aromatic carbocycles. The van der Waals surface area contributed by atoms with Gasteiger partial charge in [0.25, 0.3) is 0 Å². The van der Waals surface area contributed by atoms with Crippen LogP contribution in [0.25, 0.3) is 11.0 Å². The number of hydrazine groups is 1. The van der Waals surface area contributed by atoms with Gasteiger partial charge in [0, 0.05) is 0 Å². The van der Waals surface area contributed by atoms with Crippen LogP contribution in [0.3, 0.4) is 0 Å². The van der Waals surface area contributed by atoms with Crippen molar-refractivity contribution >= 4 is 17.0 Å². The number of hydrogen-bond donors (Lipinski definition) is 3. The second kappa shape index (κ2) is 5.03. The fourth-order valence-corrected chi connectivity index (χ4v) is 1.75. The Morgan fingerprint density at radius 3 is 3.00 bits per heavy atom. The van der Waals surface area contributed by atoms with Crippen molar-refractivity contribution in [2.75, 3.05) is 5.43 Å². The Kier molecular flexibility index (Phi) is 3.06. The predicted molar refractivity (Wildman–Crippen MR) is 70.7 cm³/mol. The van der Waals surface area contributed by atoms with Gasteiger partial charge in [-0.25, -0.2) is 10.2 Å². The Bertz CT molecular complexity index is 854. The molecule has 0 aliphatic carbocycles. The lowest BCUT2D eigenvalue weighted by Gasteiger charge is -2.08. The molecule has 0 saturated carbocycles. The first-order chi connectivity index (χ1) is 10.2. The first kappa shape index (κ1) is 12.8. The van der Waals surface area contributed by atoms with Crippen LogP contribution in [-0.4, -0.2) is 20.2 Å². The average molecular weight is 285 g/mol. The molecule has 0 aliphatic rings. The van der Waals surface area contributed by atoms with Crippen LogP contribution in [0.5, 0.6) is 11.6 Å². The quantitative estimate of drug-likeness (QED) is 0.491. The lowest BCUT2D eigenvalue weighted by atomic mass is 10.2. The van der Waals surface area contributed by atoms with E-state index in [1.807, 2.05) is 0 Å². The van der Waals surface area contributed by atoms with Crippen LogP contribution >= 0.6 is 0 Å². The van der Waals surface area contributed by atoms with Crippen molar-refractivity contribution in [2.24, 2.45) is 5.84 Å². The van der Waals surface area contributed by atoms with Gasteiger partial charge in [0.15, 0.2) is 5.65 Å². The summed E-state index contributed by atoms with van der Waals surface area (Å²) in [5.74, 6) is 4.84. The molecule has 0 radical (unpaired) electrons. The number of ether oxygens (including phenoxy) is 1. The first-order valence-corrected chi connectivity index (χ1v) is 5.77. The maximum atomic E-state index is 13.6. The molecule has 8 nitrogen and oxygen atoms in total. The third-order valence-corrected chi connectivity index (χ3v) is 2.70. The van der Waals surface area contributed by atoms with Crippen LogP contribution in [0.15, 0.2) is 24.4 Å². The van der Waals surface area contributed by atoms with Crippen LogP contribution in [-0.2, 0) is 0 Å². The summed E-state index contributed by atoms with van der Waals surface area (Å²) < 4.78 is 19.1. The van der Waals surface area contributed by atoms with Gasteiger partial charge < -0.3 is 4.74 Å². The van der Waals surface area contributed by atoms with E-state index in [4.69, 9.17) is 15.8 Å². The Morgan fingerprint density at radius 2 is 2.24 bits per heavy atom. The van der Waals surface area contributed by atoms with Crippen LogP contribution in [0.4, 0.5) is 10.3 Å². The first-order valence-electron chi connectivity index (χ1n) is 5.77. The molecule has 3 rings (SSSR count). The average Bonchev–Trinajstić information content (AvgIpc) is 2.96. The number of aromatic amines is 1. The van der Waals surface area contributed by atoms with Crippen molar-refractivity contribution in [3.05, 3.63) is 35.8 Å². The number of rotatable bonds is 3. The maximum Gasteiger partial charge on any atom is 0.242 e. The van der Waals surface area contributed by atoms with Crippen molar-refractivity contribution in [1.29, 1.82) is 5.26 Å². The number of nitrogen functional groups attached to an aromatic ring is 1. The predicted octanol–water partition coefficient (Wildman–Crippen LogP) is 1.44. The molecule has 2 aromatic heterocycles. The van der Waals surface area contributed by atoms with Gasteiger partial charge in [0.05, 0.1) is 6.20 Å². The Hall–Kier alpha value is -3.25. The summed E-state index contributed by atoms with van der Waals surface area (Å²) in [5.41, 5.74) is 2.46. The standard InChI is InChI=1S/C12H8FN7O/c13-8-2-1-3-9(6(8)4-14)21-11-7-5-16-20-10(7)17-12(18-11)19-15/h1-3,5H,15H2,(H2,16,17,18,19,20). The van der Waals surface area contributed by atoms with Gasteiger partial charge in [-0.3, -0.25) is 10.5 Å². The highest BCUT2D eigenvalue weighted by Crippen LogP contribution is 2.30. The SMILES string of the molecule is N#Cc1c(F)cccc1Oc1nc(NN)nc2[nH]ncc12. The van der Waals surface area contributed by atoms with Crippen LogP contribution in [0.1, 0.15) is 5.56 Å². The number of H-pyrrole nitrogens is 1. The lowest BCUT2D eigenvalue weighted by Crippen LogP contribution is -2.11. The number of hydrogen-bond acceptors (Lipinski definition) is 7. The summed E-state index contributed by atoms with van der Waals surface area (Å²) in [6.07, 6.45) is 1.45. The van der Waals surface area contributed by atoms with E-state index in [-0.39, 0.29) is 23.1 Å². The van der Waals surface area contributed by atoms with Crippen molar-refractivity contribution in [3.63, 3.8) is 0 Å². The topological polar surface area (TPSA) is 126 Å². The Labute approximate surface area is 117 Å². The highest BCUT2D eigenvalue weighted by molar-refractivity contribution is 5.81. The smallest absolute Gasteiger partial charge is 0.242 e. The van der Waals surface area contributed by atoms with E-state index < -0.39 is 5.82 Å². The molecule has 0 aliphatic heterocycles. The number of benzene rings is 1. The molecule has 0 fully saturated rings. The van der Waals surface area contributed by atoms with E-state index in [0.717, 1.165) is 0 Å². The van der Waals surface area contributed by atoms with E-state index in [1.165, 1.54) is 24.4 Å². The van der Waals surface area contributed by atoms with Crippen LogP contribution in [0.2, 0.25) is 0 Å². The number of fused-ring (bicyclic) bond motifs is 1. The van der Waals surface area contributed by atoms with Gasteiger partial charge in [0.1, 0.15) is 28.6 Å². The monoisotopic (exact) mass is 285 g/mol. The van der Waals surface area contributed by atoms with Crippen LogP contribution < -0.4 is 16.0 Å². The molecular weight excluding hydrogens is 277 g/mol. The fourth-order valence-electron chi connectivity index (χ4n) is 1.75. The third kappa shape index (κ3) is 2.19.